The van der Waals surface area contributed by atoms with Gasteiger partial charge in [-0.05, 0) is 76.3 Å². The van der Waals surface area contributed by atoms with Gasteiger partial charge in [-0.1, -0.05) is 11.6 Å². The van der Waals surface area contributed by atoms with Crippen LogP contribution in [0.3, 0.4) is 0 Å². The Morgan fingerprint density at radius 1 is 1.22 bits per heavy atom. The Morgan fingerprint density at radius 2 is 1.97 bits per heavy atom. The summed E-state index contributed by atoms with van der Waals surface area (Å²) in [5.74, 6) is -2.08. The maximum atomic E-state index is 14.3. The van der Waals surface area contributed by atoms with Crippen LogP contribution in [0, 0.1) is 5.82 Å². The predicted octanol–water partition coefficient (Wildman–Crippen LogP) is 4.99. The number of alkyl halides is 3. The van der Waals surface area contributed by atoms with Crippen molar-refractivity contribution in [3.63, 3.8) is 0 Å². The topological polar surface area (TPSA) is 83.6 Å². The van der Waals surface area contributed by atoms with Gasteiger partial charge in [0, 0.05) is 17.3 Å². The quantitative estimate of drug-likeness (QED) is 0.482. The molecule has 4 rings (SSSR count). The molecule has 37 heavy (non-hydrogen) atoms. The van der Waals surface area contributed by atoms with E-state index < -0.39 is 41.6 Å². The van der Waals surface area contributed by atoms with E-state index in [-0.39, 0.29) is 28.2 Å². The van der Waals surface area contributed by atoms with Crippen molar-refractivity contribution in [1.29, 1.82) is 0 Å². The Balaban J connectivity index is 1.60. The number of aromatic nitrogens is 1. The number of carbonyl (C=O) groups excluding carboxylic acids is 2. The zero-order valence-electron chi connectivity index (χ0n) is 20.3. The lowest BCUT2D eigenvalue weighted by molar-refractivity contribution is -0.136. The van der Waals surface area contributed by atoms with Crippen molar-refractivity contribution in [2.24, 2.45) is 0 Å². The van der Waals surface area contributed by atoms with Crippen molar-refractivity contribution in [3.8, 4) is 5.75 Å². The van der Waals surface area contributed by atoms with Crippen molar-refractivity contribution >= 4 is 29.2 Å². The fraction of sp³-hybridized carbons (Fsp3) is 0.480. The second-order valence-corrected chi connectivity index (χ2v) is 10.2. The van der Waals surface area contributed by atoms with Crippen molar-refractivity contribution in [3.05, 3.63) is 52.9 Å². The summed E-state index contributed by atoms with van der Waals surface area (Å²) in [7, 11) is 0. The zero-order chi connectivity index (χ0) is 27.0. The third-order valence-corrected chi connectivity index (χ3v) is 6.94. The molecule has 0 radical (unpaired) electrons. The van der Waals surface area contributed by atoms with Crippen LogP contribution >= 0.6 is 11.6 Å². The molecule has 2 aliphatic rings. The maximum absolute atomic E-state index is 14.3. The van der Waals surface area contributed by atoms with Gasteiger partial charge in [0.15, 0.2) is 17.2 Å². The molecule has 1 aromatic heterocycles. The second-order valence-electron chi connectivity index (χ2n) is 9.80. The molecule has 2 unspecified atom stereocenters. The summed E-state index contributed by atoms with van der Waals surface area (Å²) in [6.07, 6.45) is 0.205. The van der Waals surface area contributed by atoms with Crippen LogP contribution in [-0.2, 0) is 4.79 Å². The normalized spacial score (nSPS) is 21.5. The van der Waals surface area contributed by atoms with Gasteiger partial charge < -0.3 is 20.3 Å². The van der Waals surface area contributed by atoms with Gasteiger partial charge in [0.2, 0.25) is 0 Å². The first-order chi connectivity index (χ1) is 17.3. The Kier molecular flexibility index (Phi) is 7.29. The van der Waals surface area contributed by atoms with Gasteiger partial charge in [0.05, 0.1) is 5.56 Å². The molecule has 0 spiro atoms. The molecule has 2 bridgehead atoms. The van der Waals surface area contributed by atoms with E-state index in [0.29, 0.717) is 19.3 Å². The third kappa shape index (κ3) is 5.76. The number of pyridine rings is 1. The number of halogens is 5. The number of benzene rings is 1. The summed E-state index contributed by atoms with van der Waals surface area (Å²) in [5, 5.41) is 5.13. The third-order valence-electron chi connectivity index (χ3n) is 6.71. The number of nitrogens with one attached hydrogen (secondary N) is 2. The number of anilines is 1. The molecular weight excluding hydrogens is 516 g/mol. The molecule has 2 saturated heterocycles. The maximum Gasteiger partial charge on any atom is 0.405 e. The van der Waals surface area contributed by atoms with Gasteiger partial charge in [-0.15, -0.1) is 0 Å². The fourth-order valence-electron chi connectivity index (χ4n) is 5.00. The first kappa shape index (κ1) is 27.0. The largest absolute Gasteiger partial charge is 0.475 e. The molecule has 0 aliphatic carbocycles. The van der Waals surface area contributed by atoms with Gasteiger partial charge in [0.25, 0.3) is 11.8 Å². The first-order valence-electron chi connectivity index (χ1n) is 11.9. The monoisotopic (exact) mass is 542 g/mol. The molecule has 1 aromatic carbocycles. The highest BCUT2D eigenvalue weighted by atomic mass is 35.5. The van der Waals surface area contributed by atoms with Crippen LogP contribution in [0.1, 0.15) is 56.3 Å². The van der Waals surface area contributed by atoms with Crippen molar-refractivity contribution in [1.82, 2.24) is 15.6 Å². The molecule has 3 heterocycles. The summed E-state index contributed by atoms with van der Waals surface area (Å²) < 4.78 is 58.2. The number of hydrogen-bond acceptors (Lipinski definition) is 5. The summed E-state index contributed by atoms with van der Waals surface area (Å²) >= 11 is 5.80. The summed E-state index contributed by atoms with van der Waals surface area (Å²) in [6.45, 7) is 1.53. The fourth-order valence-corrected chi connectivity index (χ4v) is 5.16. The van der Waals surface area contributed by atoms with E-state index in [0.717, 1.165) is 18.9 Å². The SMILES string of the molecule is CC(C)(Oc1ccc(Cl)cc1F)C(=O)NC12CCCC(CC1)N2c1ncccc1C(=O)NCC(F)(F)F. The first-order valence-corrected chi connectivity index (χ1v) is 12.3. The van der Waals surface area contributed by atoms with Gasteiger partial charge in [-0.25, -0.2) is 9.37 Å². The molecule has 12 heteroatoms. The number of hydrogen-bond donors (Lipinski definition) is 2. The van der Waals surface area contributed by atoms with Gasteiger partial charge in [0.1, 0.15) is 18.0 Å². The average molecular weight is 543 g/mol. The number of rotatable bonds is 7. The number of ether oxygens (including phenoxy) is 1. The highest BCUT2D eigenvalue weighted by Crippen LogP contribution is 2.46. The Labute approximate surface area is 216 Å². The van der Waals surface area contributed by atoms with E-state index in [1.807, 2.05) is 10.2 Å². The van der Waals surface area contributed by atoms with Crippen LogP contribution in [0.4, 0.5) is 23.4 Å². The smallest absolute Gasteiger partial charge is 0.405 e. The molecule has 0 saturated carbocycles. The van der Waals surface area contributed by atoms with Gasteiger partial charge in [-0.3, -0.25) is 9.59 Å². The Bertz CT molecular complexity index is 1190. The minimum Gasteiger partial charge on any atom is -0.475 e. The van der Waals surface area contributed by atoms with Crippen molar-refractivity contribution < 1.29 is 31.9 Å². The minimum absolute atomic E-state index is 0.0158. The van der Waals surface area contributed by atoms with Gasteiger partial charge >= 0.3 is 6.18 Å². The number of carbonyl (C=O) groups is 2. The van der Waals surface area contributed by atoms with Crippen LogP contribution in [0.5, 0.6) is 5.75 Å². The molecule has 2 amide bonds. The van der Waals surface area contributed by atoms with Crippen LogP contribution in [-0.4, -0.2) is 46.8 Å². The minimum atomic E-state index is -4.56. The Hall–Kier alpha value is -3.08. The van der Waals surface area contributed by atoms with E-state index in [1.54, 1.807) is 0 Å². The van der Waals surface area contributed by atoms with E-state index in [9.17, 15) is 27.2 Å². The zero-order valence-corrected chi connectivity index (χ0v) is 21.0. The predicted molar refractivity (Wildman–Crippen MR) is 129 cm³/mol. The number of amides is 2. The van der Waals surface area contributed by atoms with Crippen LogP contribution in [0.15, 0.2) is 36.5 Å². The lowest BCUT2D eigenvalue weighted by atomic mass is 9.94. The molecule has 2 aromatic rings. The average Bonchev–Trinajstić information content (AvgIpc) is 3.03. The highest BCUT2D eigenvalue weighted by molar-refractivity contribution is 6.30. The van der Waals surface area contributed by atoms with E-state index >= 15 is 0 Å². The standard InChI is InChI=1S/C25H27ClF4N4O3/c1-23(2,37-19-8-7-15(26)13-18(19)27)22(36)33-24-10-3-5-16(9-11-24)34(24)20-17(6-4-12-31-20)21(35)32-14-25(28,29)30/h4,6-8,12-13,16H,3,5,9-11,14H2,1-2H3,(H,32,35)(H,33,36). The second kappa shape index (κ2) is 10.00. The van der Waals surface area contributed by atoms with Gasteiger partial charge in [-0.2, -0.15) is 13.2 Å². The van der Waals surface area contributed by atoms with E-state index in [2.05, 4.69) is 10.3 Å². The summed E-state index contributed by atoms with van der Waals surface area (Å²) in [5.41, 5.74) is -2.44. The lowest BCUT2D eigenvalue weighted by Gasteiger charge is -2.47. The van der Waals surface area contributed by atoms with E-state index in [4.69, 9.17) is 16.3 Å². The van der Waals surface area contributed by atoms with Crippen LogP contribution < -0.4 is 20.3 Å². The van der Waals surface area contributed by atoms with Crippen molar-refractivity contribution in [2.75, 3.05) is 11.4 Å². The van der Waals surface area contributed by atoms with E-state index in [1.165, 1.54) is 44.3 Å². The number of nitrogens with zero attached hydrogens (tertiary/aromatic N) is 2. The molecule has 2 fully saturated rings. The lowest BCUT2D eigenvalue weighted by Crippen LogP contribution is -2.65. The van der Waals surface area contributed by atoms with Crippen LogP contribution in [0.2, 0.25) is 5.02 Å². The molecule has 2 atom stereocenters. The highest BCUT2D eigenvalue weighted by Gasteiger charge is 2.52. The van der Waals surface area contributed by atoms with Crippen LogP contribution in [0.25, 0.3) is 0 Å². The molecule has 2 aliphatic heterocycles. The van der Waals surface area contributed by atoms with Crippen molar-refractivity contribution in [2.45, 2.75) is 69.4 Å². The molecule has 7 nitrogen and oxygen atoms in total. The number of piperidine rings is 1. The molecular formula is C25H27ClF4N4O3. The summed E-state index contributed by atoms with van der Waals surface area (Å²) in [4.78, 5) is 32.4. The number of fused-ring (bicyclic) bond motifs is 2. The summed E-state index contributed by atoms with van der Waals surface area (Å²) in [6, 6.07) is 6.68. The Morgan fingerprint density at radius 3 is 2.68 bits per heavy atom. The molecule has 200 valence electrons. The molecule has 2 N–H and O–H groups in total.